The highest BCUT2D eigenvalue weighted by Gasteiger charge is 2.02. The molecule has 4 N–H and O–H groups in total. The average Bonchev–Trinajstić information content (AvgIpc) is 2.04. The predicted molar refractivity (Wildman–Crippen MR) is 55.3 cm³/mol. The van der Waals surface area contributed by atoms with Crippen LogP contribution in [-0.4, -0.2) is 12.2 Å². The number of anilines is 1. The highest BCUT2D eigenvalue weighted by atomic mass is 16.3. The minimum absolute atomic E-state index is 0.222. The zero-order valence-corrected chi connectivity index (χ0v) is 7.83. The molecule has 0 spiro atoms. The number of hydrogen-bond donors (Lipinski definition) is 3. The van der Waals surface area contributed by atoms with Crippen molar-refractivity contribution in [1.82, 2.24) is 5.32 Å². The molecule has 0 saturated carbocycles. The van der Waals surface area contributed by atoms with Crippen molar-refractivity contribution in [2.45, 2.75) is 6.92 Å². The zero-order chi connectivity index (χ0) is 9.84. The van der Waals surface area contributed by atoms with Crippen LogP contribution in [0.1, 0.15) is 11.1 Å². The third-order valence-electron chi connectivity index (χ3n) is 1.81. The van der Waals surface area contributed by atoms with Gasteiger partial charge in [-0.3, -0.25) is 0 Å². The van der Waals surface area contributed by atoms with Crippen LogP contribution >= 0.6 is 0 Å². The van der Waals surface area contributed by atoms with Gasteiger partial charge >= 0.3 is 0 Å². The highest BCUT2D eigenvalue weighted by Crippen LogP contribution is 2.18. The molecular weight excluding hydrogens is 164 g/mol. The van der Waals surface area contributed by atoms with E-state index in [0.29, 0.717) is 5.69 Å². The molecule has 0 atom stereocenters. The molecule has 1 aromatic rings. The molecule has 0 bridgehead atoms. The first-order chi connectivity index (χ1) is 6.15. The number of nitrogens with two attached hydrogens (primary N) is 1. The van der Waals surface area contributed by atoms with Crippen LogP contribution in [-0.2, 0) is 0 Å². The molecule has 0 heterocycles. The fourth-order valence-corrected chi connectivity index (χ4v) is 1.19. The number of aryl methyl sites for hydroxylation is 1. The molecular formula is C10H14N2O. The quantitative estimate of drug-likeness (QED) is 0.476. The summed E-state index contributed by atoms with van der Waals surface area (Å²) in [5, 5.41) is 12.3. The van der Waals surface area contributed by atoms with Gasteiger partial charge in [0, 0.05) is 24.5 Å². The van der Waals surface area contributed by atoms with Crippen molar-refractivity contribution in [3.05, 3.63) is 35.5 Å². The first-order valence-electron chi connectivity index (χ1n) is 4.08. The lowest BCUT2D eigenvalue weighted by Crippen LogP contribution is -1.98. The molecule has 1 aromatic carbocycles. The fourth-order valence-electron chi connectivity index (χ4n) is 1.19. The van der Waals surface area contributed by atoms with Crippen LogP contribution in [0.15, 0.2) is 24.4 Å². The summed E-state index contributed by atoms with van der Waals surface area (Å²) in [6.45, 7) is 1.91. The second-order valence-corrected chi connectivity index (χ2v) is 2.89. The number of nitrogen functional groups attached to an aromatic ring is 1. The number of nitrogens with one attached hydrogen (secondary N) is 1. The van der Waals surface area contributed by atoms with E-state index in [0.717, 1.165) is 11.1 Å². The van der Waals surface area contributed by atoms with E-state index in [2.05, 4.69) is 5.32 Å². The van der Waals surface area contributed by atoms with E-state index in [1.807, 2.05) is 13.0 Å². The molecule has 0 radical (unpaired) electrons. The molecule has 0 aliphatic carbocycles. The lowest BCUT2D eigenvalue weighted by atomic mass is 10.1. The first-order valence-corrected chi connectivity index (χ1v) is 4.08. The molecule has 0 aromatic heterocycles. The van der Waals surface area contributed by atoms with Crippen molar-refractivity contribution >= 4 is 11.4 Å². The second-order valence-electron chi connectivity index (χ2n) is 2.89. The summed E-state index contributed by atoms with van der Waals surface area (Å²) in [6.07, 6.45) is 1.54. The van der Waals surface area contributed by atoms with Gasteiger partial charge in [-0.05, 0) is 30.7 Å². The van der Waals surface area contributed by atoms with Gasteiger partial charge in [0.15, 0.2) is 0 Å². The maximum Gasteiger partial charge on any atom is 0.138 e. The number of benzene rings is 1. The van der Waals surface area contributed by atoms with Crippen molar-refractivity contribution in [1.29, 1.82) is 0 Å². The highest BCUT2D eigenvalue weighted by molar-refractivity contribution is 5.63. The maximum absolute atomic E-state index is 9.55. The Morgan fingerprint density at radius 1 is 1.54 bits per heavy atom. The molecule has 3 nitrogen and oxygen atoms in total. The van der Waals surface area contributed by atoms with E-state index < -0.39 is 0 Å². The summed E-state index contributed by atoms with van der Waals surface area (Å²) in [5.74, 6) is 0.222. The number of rotatable bonds is 2. The molecule has 70 valence electrons. The Morgan fingerprint density at radius 2 is 2.23 bits per heavy atom. The van der Waals surface area contributed by atoms with Gasteiger partial charge in [0.25, 0.3) is 0 Å². The molecule has 1 rings (SSSR count). The monoisotopic (exact) mass is 178 g/mol. The van der Waals surface area contributed by atoms with Crippen LogP contribution in [0, 0.1) is 6.92 Å². The van der Waals surface area contributed by atoms with E-state index in [4.69, 9.17) is 5.73 Å². The van der Waals surface area contributed by atoms with Gasteiger partial charge in [0.1, 0.15) is 5.76 Å². The smallest absolute Gasteiger partial charge is 0.138 e. The van der Waals surface area contributed by atoms with Gasteiger partial charge < -0.3 is 16.2 Å². The lowest BCUT2D eigenvalue weighted by Gasteiger charge is -2.05. The summed E-state index contributed by atoms with van der Waals surface area (Å²) < 4.78 is 0. The Hall–Kier alpha value is -1.64. The molecule has 13 heavy (non-hydrogen) atoms. The summed E-state index contributed by atoms with van der Waals surface area (Å²) >= 11 is 0. The van der Waals surface area contributed by atoms with E-state index >= 15 is 0 Å². The standard InChI is InChI=1S/C10H14N2O/c1-7-5-8(11)3-4-9(7)10(13)6-12-2/h3-6,12-13H,11H2,1-2H3/b10-6-. The normalized spacial score (nSPS) is 11.4. The van der Waals surface area contributed by atoms with Crippen LogP contribution in [0.5, 0.6) is 0 Å². The Labute approximate surface area is 77.9 Å². The van der Waals surface area contributed by atoms with Gasteiger partial charge in [-0.2, -0.15) is 0 Å². The van der Waals surface area contributed by atoms with Crippen molar-refractivity contribution in [3.63, 3.8) is 0 Å². The van der Waals surface area contributed by atoms with Crippen LogP contribution < -0.4 is 11.1 Å². The Kier molecular flexibility index (Phi) is 2.80. The Bertz CT molecular complexity index is 332. The van der Waals surface area contributed by atoms with Crippen LogP contribution in [0.2, 0.25) is 0 Å². The lowest BCUT2D eigenvalue weighted by molar-refractivity contribution is 0.508. The average molecular weight is 178 g/mol. The van der Waals surface area contributed by atoms with Crippen LogP contribution in [0.3, 0.4) is 0 Å². The van der Waals surface area contributed by atoms with Crippen molar-refractivity contribution in [2.75, 3.05) is 12.8 Å². The van der Waals surface area contributed by atoms with Crippen molar-refractivity contribution in [3.8, 4) is 0 Å². The molecule has 0 fully saturated rings. The number of aliphatic hydroxyl groups excluding tert-OH is 1. The minimum Gasteiger partial charge on any atom is -0.506 e. The third kappa shape index (κ3) is 2.15. The largest absolute Gasteiger partial charge is 0.506 e. The van der Waals surface area contributed by atoms with Gasteiger partial charge in [-0.1, -0.05) is 0 Å². The topological polar surface area (TPSA) is 58.3 Å². The maximum atomic E-state index is 9.55. The first kappa shape index (κ1) is 9.45. The van der Waals surface area contributed by atoms with Crippen LogP contribution in [0.4, 0.5) is 5.69 Å². The SMILES string of the molecule is CN/C=C(\O)c1ccc(N)cc1C. The Balaban J connectivity index is 3.09. The van der Waals surface area contributed by atoms with E-state index in [1.165, 1.54) is 0 Å². The van der Waals surface area contributed by atoms with Crippen molar-refractivity contribution in [2.24, 2.45) is 0 Å². The predicted octanol–water partition coefficient (Wildman–Crippen LogP) is 1.65. The summed E-state index contributed by atoms with van der Waals surface area (Å²) in [5.41, 5.74) is 8.05. The minimum atomic E-state index is 0.222. The zero-order valence-electron chi connectivity index (χ0n) is 7.83. The van der Waals surface area contributed by atoms with E-state index in [-0.39, 0.29) is 5.76 Å². The second kappa shape index (κ2) is 3.85. The molecule has 3 heteroatoms. The van der Waals surface area contributed by atoms with E-state index in [9.17, 15) is 5.11 Å². The van der Waals surface area contributed by atoms with E-state index in [1.54, 1.807) is 25.4 Å². The van der Waals surface area contributed by atoms with Gasteiger partial charge in [0.2, 0.25) is 0 Å². The molecule has 0 aliphatic heterocycles. The van der Waals surface area contributed by atoms with Gasteiger partial charge in [-0.25, -0.2) is 0 Å². The molecule has 0 aliphatic rings. The van der Waals surface area contributed by atoms with Crippen LogP contribution in [0.25, 0.3) is 5.76 Å². The fraction of sp³-hybridized carbons (Fsp3) is 0.200. The number of aliphatic hydroxyl groups is 1. The number of hydrogen-bond acceptors (Lipinski definition) is 3. The molecule has 0 unspecified atom stereocenters. The summed E-state index contributed by atoms with van der Waals surface area (Å²) in [4.78, 5) is 0. The van der Waals surface area contributed by atoms with Crippen molar-refractivity contribution < 1.29 is 5.11 Å². The summed E-state index contributed by atoms with van der Waals surface area (Å²) in [7, 11) is 1.74. The van der Waals surface area contributed by atoms with Gasteiger partial charge in [-0.15, -0.1) is 0 Å². The molecule has 0 amide bonds. The summed E-state index contributed by atoms with van der Waals surface area (Å²) in [6, 6.07) is 5.39. The molecule has 0 saturated heterocycles. The third-order valence-corrected chi connectivity index (χ3v) is 1.81. The Morgan fingerprint density at radius 3 is 2.77 bits per heavy atom. The van der Waals surface area contributed by atoms with Gasteiger partial charge in [0.05, 0.1) is 0 Å².